The average molecular weight is 562 g/mol. The molecule has 0 N–H and O–H groups in total. The molecule has 0 saturated heterocycles. The number of fused-ring (bicyclic) bond motifs is 1. The highest BCUT2D eigenvalue weighted by molar-refractivity contribution is 8.00. The lowest BCUT2D eigenvalue weighted by Gasteiger charge is -2.27. The molecule has 37 heavy (non-hydrogen) atoms. The molecule has 0 saturated carbocycles. The van der Waals surface area contributed by atoms with E-state index in [0.717, 1.165) is 47.2 Å². The van der Waals surface area contributed by atoms with Crippen molar-refractivity contribution in [2.45, 2.75) is 50.0 Å². The quantitative estimate of drug-likeness (QED) is 0.239. The van der Waals surface area contributed by atoms with Gasteiger partial charge in [-0.05, 0) is 62.2 Å². The van der Waals surface area contributed by atoms with Gasteiger partial charge in [-0.2, -0.15) is 0 Å². The van der Waals surface area contributed by atoms with Gasteiger partial charge < -0.3 is 9.47 Å². The summed E-state index contributed by atoms with van der Waals surface area (Å²) >= 11 is 7.84. The van der Waals surface area contributed by atoms with Crippen molar-refractivity contribution in [1.29, 1.82) is 0 Å². The molecular weight excluding hydrogens is 527 g/mol. The van der Waals surface area contributed by atoms with E-state index in [1.165, 1.54) is 5.56 Å². The Labute approximate surface area is 235 Å². The smallest absolute Gasteiger partial charge is 0.225 e. The molecule has 1 heterocycles. The van der Waals surface area contributed by atoms with Crippen LogP contribution in [0, 0.1) is 0 Å². The van der Waals surface area contributed by atoms with Crippen LogP contribution in [0.3, 0.4) is 0 Å². The normalized spacial score (nSPS) is 14.5. The van der Waals surface area contributed by atoms with Crippen LogP contribution < -0.4 is 14.4 Å². The highest BCUT2D eigenvalue weighted by Crippen LogP contribution is 2.54. The molecule has 0 radical (unpaired) electrons. The first-order valence-electron chi connectivity index (χ1n) is 12.2. The Hall–Kier alpha value is -2.38. The maximum absolute atomic E-state index is 12.7. The number of ether oxygens (including phenoxy) is 2. The van der Waals surface area contributed by atoms with Crippen molar-refractivity contribution < 1.29 is 14.3 Å². The number of hydrogen-bond donors (Lipinski definition) is 0. The zero-order chi connectivity index (χ0) is 25.7. The molecule has 0 aliphatic carbocycles. The summed E-state index contributed by atoms with van der Waals surface area (Å²) in [6, 6.07) is 22.4. The number of anilines is 1. The van der Waals surface area contributed by atoms with E-state index < -0.39 is 0 Å². The fourth-order valence-corrected chi connectivity index (χ4v) is 6.02. The number of methoxy groups -OCH3 is 1. The van der Waals surface area contributed by atoms with Gasteiger partial charge in [0.2, 0.25) is 5.91 Å². The summed E-state index contributed by atoms with van der Waals surface area (Å²) in [6.45, 7) is 8.46. The highest BCUT2D eigenvalue weighted by Gasteiger charge is 2.36. The van der Waals surface area contributed by atoms with E-state index in [-0.39, 0.29) is 23.7 Å². The van der Waals surface area contributed by atoms with Gasteiger partial charge in [0.1, 0.15) is 16.9 Å². The third-order valence-corrected chi connectivity index (χ3v) is 7.79. The zero-order valence-corrected chi connectivity index (χ0v) is 24.0. The van der Waals surface area contributed by atoms with Crippen molar-refractivity contribution in [2.24, 2.45) is 0 Å². The Kier molecular flexibility index (Phi) is 10.6. The van der Waals surface area contributed by atoms with Crippen molar-refractivity contribution in [3.05, 3.63) is 82.9 Å². The van der Waals surface area contributed by atoms with Crippen molar-refractivity contribution in [3.63, 3.8) is 0 Å². The minimum Gasteiger partial charge on any atom is -0.497 e. The summed E-state index contributed by atoms with van der Waals surface area (Å²) in [4.78, 5) is 17.9. The maximum atomic E-state index is 12.7. The molecule has 1 atom stereocenters. The Balaban J connectivity index is 0.00000380. The molecule has 0 bridgehead atoms. The van der Waals surface area contributed by atoms with Crippen LogP contribution in [0.5, 0.6) is 11.5 Å². The molecule has 8 heteroatoms. The third-order valence-electron chi connectivity index (χ3n) is 6.28. The van der Waals surface area contributed by atoms with Crippen LogP contribution in [0.4, 0.5) is 5.69 Å². The van der Waals surface area contributed by atoms with Gasteiger partial charge in [-0.25, -0.2) is 0 Å². The van der Waals surface area contributed by atoms with Crippen molar-refractivity contribution >= 4 is 47.4 Å². The predicted molar refractivity (Wildman–Crippen MR) is 156 cm³/mol. The Bertz CT molecular complexity index is 1190. The third kappa shape index (κ3) is 7.14. The van der Waals surface area contributed by atoms with Crippen LogP contribution >= 0.6 is 35.8 Å². The van der Waals surface area contributed by atoms with Crippen LogP contribution in [0.2, 0.25) is 5.02 Å². The first kappa shape index (κ1) is 29.2. The Morgan fingerprint density at radius 2 is 1.86 bits per heavy atom. The highest BCUT2D eigenvalue weighted by atomic mass is 35.5. The summed E-state index contributed by atoms with van der Waals surface area (Å²) in [6.07, 6.45) is 0.889. The van der Waals surface area contributed by atoms with Crippen LogP contribution in [-0.2, 0) is 11.3 Å². The van der Waals surface area contributed by atoms with Crippen molar-refractivity contribution in [1.82, 2.24) is 4.90 Å². The zero-order valence-electron chi connectivity index (χ0n) is 21.6. The van der Waals surface area contributed by atoms with Gasteiger partial charge >= 0.3 is 0 Å². The van der Waals surface area contributed by atoms with Gasteiger partial charge in [0.25, 0.3) is 0 Å². The second kappa shape index (κ2) is 13.4. The fraction of sp³-hybridized carbons (Fsp3) is 0.345. The van der Waals surface area contributed by atoms with Crippen molar-refractivity contribution in [3.8, 4) is 11.5 Å². The SMILES string of the molecule is COc1ccc(OCCCN(Cc2ccccc2)C(C)C)c(C2Sc3cc(Cl)ccc3N2C(C)=O)c1.Cl. The summed E-state index contributed by atoms with van der Waals surface area (Å²) in [7, 11) is 1.64. The van der Waals surface area contributed by atoms with E-state index in [4.69, 9.17) is 21.1 Å². The van der Waals surface area contributed by atoms with Gasteiger partial charge in [-0.15, -0.1) is 12.4 Å². The van der Waals surface area contributed by atoms with E-state index in [2.05, 4.69) is 43.0 Å². The summed E-state index contributed by atoms with van der Waals surface area (Å²) in [5.41, 5.74) is 3.09. The summed E-state index contributed by atoms with van der Waals surface area (Å²) in [5.74, 6) is 1.46. The first-order chi connectivity index (χ1) is 17.4. The number of nitrogens with zero attached hydrogens (tertiary/aromatic N) is 2. The van der Waals surface area contributed by atoms with Gasteiger partial charge in [0.05, 0.1) is 19.4 Å². The molecule has 0 aromatic heterocycles. The number of rotatable bonds is 10. The summed E-state index contributed by atoms with van der Waals surface area (Å²) < 4.78 is 11.8. The molecule has 3 aromatic rings. The maximum Gasteiger partial charge on any atom is 0.225 e. The van der Waals surface area contributed by atoms with E-state index >= 15 is 0 Å². The monoisotopic (exact) mass is 560 g/mol. The minimum absolute atomic E-state index is 0. The van der Waals surface area contributed by atoms with Gasteiger partial charge in [-0.1, -0.05) is 53.7 Å². The molecule has 4 rings (SSSR count). The lowest BCUT2D eigenvalue weighted by Crippen LogP contribution is -2.32. The van der Waals surface area contributed by atoms with E-state index in [1.54, 1.807) is 30.7 Å². The molecule has 198 valence electrons. The lowest BCUT2D eigenvalue weighted by molar-refractivity contribution is -0.116. The van der Waals surface area contributed by atoms with Crippen LogP contribution in [-0.4, -0.2) is 37.1 Å². The predicted octanol–water partition coefficient (Wildman–Crippen LogP) is 7.61. The van der Waals surface area contributed by atoms with Gasteiger partial charge in [-0.3, -0.25) is 14.6 Å². The second-order valence-corrected chi connectivity index (χ2v) is 10.7. The first-order valence-corrected chi connectivity index (χ1v) is 13.5. The second-order valence-electron chi connectivity index (χ2n) is 9.13. The number of hydrogen-bond acceptors (Lipinski definition) is 5. The minimum atomic E-state index is -0.258. The number of carbonyl (C=O) groups excluding carboxylic acids is 1. The number of amides is 1. The Morgan fingerprint density at radius 3 is 2.54 bits per heavy atom. The van der Waals surface area contributed by atoms with Gasteiger partial charge in [0.15, 0.2) is 0 Å². The van der Waals surface area contributed by atoms with E-state index in [1.807, 2.05) is 42.5 Å². The standard InChI is InChI=1S/C29H33ClN2O3S.ClH/c1-20(2)31(19-22-9-6-5-7-10-22)15-8-16-35-27-14-12-24(34-4)18-25(27)29-32(21(3)33)26-13-11-23(30)17-28(26)36-29;/h5-7,9-14,17-18,20,29H,8,15-16,19H2,1-4H3;1H. The number of halogens is 2. The Morgan fingerprint density at radius 1 is 1.11 bits per heavy atom. The molecule has 1 aliphatic heterocycles. The molecule has 5 nitrogen and oxygen atoms in total. The summed E-state index contributed by atoms with van der Waals surface area (Å²) in [5, 5.41) is 0.393. The number of thioether (sulfide) groups is 1. The molecule has 0 fully saturated rings. The molecule has 1 unspecified atom stereocenters. The van der Waals surface area contributed by atoms with E-state index in [9.17, 15) is 4.79 Å². The van der Waals surface area contributed by atoms with Crippen LogP contribution in [0.25, 0.3) is 0 Å². The van der Waals surface area contributed by atoms with Gasteiger partial charge in [0, 0.05) is 41.5 Å². The molecule has 3 aromatic carbocycles. The molecular formula is C29H34Cl2N2O3S. The average Bonchev–Trinajstić information content (AvgIpc) is 3.25. The lowest BCUT2D eigenvalue weighted by atomic mass is 10.1. The molecule has 1 amide bonds. The van der Waals surface area contributed by atoms with Crippen LogP contribution in [0.15, 0.2) is 71.6 Å². The van der Waals surface area contributed by atoms with E-state index in [0.29, 0.717) is 17.7 Å². The number of benzene rings is 3. The van der Waals surface area contributed by atoms with Crippen molar-refractivity contribution in [2.75, 3.05) is 25.2 Å². The fourth-order valence-electron chi connectivity index (χ4n) is 4.38. The molecule has 0 spiro atoms. The largest absolute Gasteiger partial charge is 0.497 e. The topological polar surface area (TPSA) is 42.0 Å². The number of carbonyl (C=O) groups is 1. The molecule has 1 aliphatic rings. The van der Waals surface area contributed by atoms with Crippen LogP contribution in [0.1, 0.15) is 43.7 Å².